The smallest absolute Gasteiger partial charge is 0.251 e. The van der Waals surface area contributed by atoms with E-state index in [0.29, 0.717) is 36.4 Å². The Morgan fingerprint density at radius 1 is 1.04 bits per heavy atom. The van der Waals surface area contributed by atoms with E-state index in [1.54, 1.807) is 49.8 Å². The molecule has 0 unspecified atom stereocenters. The Balaban J connectivity index is 1.71. The van der Waals surface area contributed by atoms with Gasteiger partial charge in [0.25, 0.3) is 11.8 Å². The van der Waals surface area contributed by atoms with Gasteiger partial charge in [-0.3, -0.25) is 14.6 Å². The summed E-state index contributed by atoms with van der Waals surface area (Å²) in [5.41, 5.74) is 1.11. The highest BCUT2D eigenvalue weighted by Crippen LogP contribution is 2.25. The van der Waals surface area contributed by atoms with Crippen LogP contribution >= 0.6 is 15.9 Å². The molecule has 2 rings (SSSR count). The molecule has 2 aromatic rings. The number of amides is 2. The van der Waals surface area contributed by atoms with Crippen LogP contribution in [0.25, 0.3) is 0 Å². The van der Waals surface area contributed by atoms with E-state index in [2.05, 4.69) is 31.5 Å². The third-order valence-electron chi connectivity index (χ3n) is 3.28. The number of aromatic nitrogens is 1. The summed E-state index contributed by atoms with van der Waals surface area (Å²) in [7, 11) is 1.57. The van der Waals surface area contributed by atoms with Gasteiger partial charge in [-0.25, -0.2) is 0 Å². The fraction of sp³-hybridized carbons (Fsp3) is 0.235. The summed E-state index contributed by atoms with van der Waals surface area (Å²) >= 11 is 3.35. The zero-order valence-electron chi connectivity index (χ0n) is 13.2. The second-order valence-electron chi connectivity index (χ2n) is 4.95. The Kier molecular flexibility index (Phi) is 6.74. The molecule has 0 aliphatic carbocycles. The van der Waals surface area contributed by atoms with E-state index < -0.39 is 0 Å². The molecule has 0 fully saturated rings. The van der Waals surface area contributed by atoms with Gasteiger partial charge in [-0.2, -0.15) is 0 Å². The van der Waals surface area contributed by atoms with E-state index in [0.717, 1.165) is 4.47 Å². The highest BCUT2D eigenvalue weighted by Gasteiger charge is 2.08. The number of methoxy groups -OCH3 is 1. The van der Waals surface area contributed by atoms with Gasteiger partial charge in [0.1, 0.15) is 5.75 Å². The minimum Gasteiger partial charge on any atom is -0.496 e. The lowest BCUT2D eigenvalue weighted by molar-refractivity contribution is 0.0951. The van der Waals surface area contributed by atoms with Crippen LogP contribution in [0, 0.1) is 0 Å². The molecular weight excluding hydrogens is 374 g/mol. The van der Waals surface area contributed by atoms with Crippen molar-refractivity contribution in [1.29, 1.82) is 0 Å². The summed E-state index contributed by atoms with van der Waals surface area (Å²) < 4.78 is 5.85. The standard InChI is InChI=1S/C17H18BrN3O3/c1-24-15-4-3-13(11-14(15)18)17(23)21-8-2-7-20-16(22)12-5-9-19-10-6-12/h3-6,9-11H,2,7-8H2,1H3,(H,20,22)(H,21,23). The molecule has 0 atom stereocenters. The maximum atomic E-state index is 12.0. The van der Waals surface area contributed by atoms with Crippen molar-refractivity contribution in [3.8, 4) is 5.75 Å². The van der Waals surface area contributed by atoms with Gasteiger partial charge in [-0.1, -0.05) is 0 Å². The van der Waals surface area contributed by atoms with Crippen molar-refractivity contribution in [3.05, 3.63) is 58.3 Å². The first-order valence-electron chi connectivity index (χ1n) is 7.42. The molecule has 6 nitrogen and oxygen atoms in total. The molecule has 0 aliphatic heterocycles. The Morgan fingerprint density at radius 2 is 1.67 bits per heavy atom. The first kappa shape index (κ1) is 17.9. The molecule has 1 aromatic carbocycles. The van der Waals surface area contributed by atoms with Crippen molar-refractivity contribution in [2.45, 2.75) is 6.42 Å². The van der Waals surface area contributed by atoms with E-state index >= 15 is 0 Å². The van der Waals surface area contributed by atoms with Gasteiger partial charge in [-0.05, 0) is 52.7 Å². The van der Waals surface area contributed by atoms with Crippen molar-refractivity contribution < 1.29 is 14.3 Å². The first-order valence-corrected chi connectivity index (χ1v) is 8.21. The fourth-order valence-corrected chi connectivity index (χ4v) is 2.55. The summed E-state index contributed by atoms with van der Waals surface area (Å²) in [6, 6.07) is 8.44. The summed E-state index contributed by atoms with van der Waals surface area (Å²) in [4.78, 5) is 27.7. The fourth-order valence-electron chi connectivity index (χ4n) is 2.01. The van der Waals surface area contributed by atoms with Gasteiger partial charge >= 0.3 is 0 Å². The molecule has 2 amide bonds. The maximum Gasteiger partial charge on any atom is 0.251 e. The Hall–Kier alpha value is -2.41. The van der Waals surface area contributed by atoms with E-state index in [1.807, 2.05) is 0 Å². The lowest BCUT2D eigenvalue weighted by Crippen LogP contribution is -2.29. The van der Waals surface area contributed by atoms with Crippen LogP contribution in [0.3, 0.4) is 0 Å². The largest absolute Gasteiger partial charge is 0.496 e. The van der Waals surface area contributed by atoms with E-state index in [1.165, 1.54) is 0 Å². The molecule has 0 saturated heterocycles. The zero-order valence-corrected chi connectivity index (χ0v) is 14.8. The lowest BCUT2D eigenvalue weighted by atomic mass is 10.2. The van der Waals surface area contributed by atoms with Crippen LogP contribution in [0.4, 0.5) is 0 Å². The molecular formula is C17H18BrN3O3. The Bertz CT molecular complexity index is 707. The van der Waals surface area contributed by atoms with Crippen molar-refractivity contribution in [1.82, 2.24) is 15.6 Å². The number of pyridine rings is 1. The van der Waals surface area contributed by atoms with Gasteiger partial charge in [0.05, 0.1) is 11.6 Å². The molecule has 7 heteroatoms. The third kappa shape index (κ3) is 5.06. The van der Waals surface area contributed by atoms with Crippen LogP contribution in [0.1, 0.15) is 27.1 Å². The highest BCUT2D eigenvalue weighted by atomic mass is 79.9. The Morgan fingerprint density at radius 3 is 2.25 bits per heavy atom. The normalized spacial score (nSPS) is 10.1. The zero-order chi connectivity index (χ0) is 17.4. The van der Waals surface area contributed by atoms with Crippen molar-refractivity contribution in [2.75, 3.05) is 20.2 Å². The molecule has 24 heavy (non-hydrogen) atoms. The van der Waals surface area contributed by atoms with Crippen LogP contribution in [0.15, 0.2) is 47.2 Å². The van der Waals surface area contributed by atoms with Crippen LogP contribution in [-0.4, -0.2) is 37.0 Å². The topological polar surface area (TPSA) is 80.3 Å². The van der Waals surface area contributed by atoms with Gasteiger partial charge in [0.15, 0.2) is 0 Å². The highest BCUT2D eigenvalue weighted by molar-refractivity contribution is 9.10. The number of halogens is 1. The summed E-state index contributed by atoms with van der Waals surface area (Å²) in [5.74, 6) is 0.354. The monoisotopic (exact) mass is 391 g/mol. The number of benzene rings is 1. The van der Waals surface area contributed by atoms with Crippen molar-refractivity contribution in [3.63, 3.8) is 0 Å². The van der Waals surface area contributed by atoms with Gasteiger partial charge in [-0.15, -0.1) is 0 Å². The van der Waals surface area contributed by atoms with Gasteiger partial charge in [0.2, 0.25) is 0 Å². The number of ether oxygens (including phenoxy) is 1. The molecule has 126 valence electrons. The van der Waals surface area contributed by atoms with Crippen molar-refractivity contribution in [2.24, 2.45) is 0 Å². The lowest BCUT2D eigenvalue weighted by Gasteiger charge is -2.08. The van der Waals surface area contributed by atoms with Crippen LogP contribution in [0.2, 0.25) is 0 Å². The maximum absolute atomic E-state index is 12.0. The minimum atomic E-state index is -0.168. The molecule has 0 radical (unpaired) electrons. The van der Waals surface area contributed by atoms with E-state index in [9.17, 15) is 9.59 Å². The number of carbonyl (C=O) groups excluding carboxylic acids is 2. The third-order valence-corrected chi connectivity index (χ3v) is 3.90. The number of carbonyl (C=O) groups is 2. The summed E-state index contributed by atoms with van der Waals surface area (Å²) in [5, 5.41) is 5.61. The van der Waals surface area contributed by atoms with E-state index in [4.69, 9.17) is 4.74 Å². The molecule has 2 N–H and O–H groups in total. The van der Waals surface area contributed by atoms with Crippen LogP contribution < -0.4 is 15.4 Å². The molecule has 1 aromatic heterocycles. The molecule has 1 heterocycles. The molecule has 0 bridgehead atoms. The Labute approximate surface area is 148 Å². The second-order valence-corrected chi connectivity index (χ2v) is 5.80. The minimum absolute atomic E-state index is 0.150. The molecule has 0 spiro atoms. The first-order chi connectivity index (χ1) is 11.6. The average molecular weight is 392 g/mol. The predicted molar refractivity (Wildman–Crippen MR) is 94.2 cm³/mol. The van der Waals surface area contributed by atoms with Gasteiger partial charge < -0.3 is 15.4 Å². The van der Waals surface area contributed by atoms with Crippen LogP contribution in [-0.2, 0) is 0 Å². The number of hydrogen-bond acceptors (Lipinski definition) is 4. The number of nitrogens with one attached hydrogen (secondary N) is 2. The number of hydrogen-bond donors (Lipinski definition) is 2. The number of nitrogens with zero attached hydrogens (tertiary/aromatic N) is 1. The van der Waals surface area contributed by atoms with Crippen LogP contribution in [0.5, 0.6) is 5.75 Å². The molecule has 0 saturated carbocycles. The second kappa shape index (κ2) is 9.02. The SMILES string of the molecule is COc1ccc(C(=O)NCCCNC(=O)c2ccncc2)cc1Br. The average Bonchev–Trinajstić information content (AvgIpc) is 2.61. The van der Waals surface area contributed by atoms with Crippen molar-refractivity contribution >= 4 is 27.7 Å². The molecule has 0 aliphatic rings. The quantitative estimate of drug-likeness (QED) is 0.710. The predicted octanol–water partition coefficient (Wildman–Crippen LogP) is 2.40. The summed E-state index contributed by atoms with van der Waals surface area (Å²) in [6.07, 6.45) is 3.78. The number of rotatable bonds is 7. The summed E-state index contributed by atoms with van der Waals surface area (Å²) in [6.45, 7) is 0.951. The van der Waals surface area contributed by atoms with E-state index in [-0.39, 0.29) is 11.8 Å². The van der Waals surface area contributed by atoms with Gasteiger partial charge in [0, 0.05) is 36.6 Å².